The maximum Gasteiger partial charge on any atom is 0.338 e. The van der Waals surface area contributed by atoms with E-state index in [-0.39, 0.29) is 24.1 Å². The van der Waals surface area contributed by atoms with Crippen LogP contribution in [-0.2, 0) is 20.9 Å². The fraction of sp³-hybridized carbons (Fsp3) is 0.472. The Balaban J connectivity index is 0.000000204. The SMILES string of the molecule is C[C@@H]1C[C@H]2[C@@H]3CCC4=CC(=O)C=C[C@]4(C)[C@@]3(F)[C@@H](O)C[C@]2(C)[C@@]1(O)C(=O)CO.O=C(OCc1ccccc1)c1ccccc1. The average Bonchev–Trinajstić information content (AvgIpc) is 3.23. The van der Waals surface area contributed by atoms with Crippen molar-refractivity contribution in [2.45, 2.75) is 70.4 Å². The van der Waals surface area contributed by atoms with Crippen molar-refractivity contribution >= 4 is 17.5 Å². The summed E-state index contributed by atoms with van der Waals surface area (Å²) >= 11 is 0. The molecule has 0 aromatic heterocycles. The van der Waals surface area contributed by atoms with Crippen molar-refractivity contribution in [1.82, 2.24) is 0 Å². The van der Waals surface area contributed by atoms with E-state index < -0.39 is 52.4 Å². The van der Waals surface area contributed by atoms with E-state index in [1.165, 1.54) is 12.2 Å². The number of ketones is 2. The molecular formula is C36H41FO7. The Labute approximate surface area is 257 Å². The summed E-state index contributed by atoms with van der Waals surface area (Å²) < 4.78 is 22.0. The molecule has 0 saturated heterocycles. The molecule has 3 N–H and O–H groups in total. The lowest BCUT2D eigenvalue weighted by atomic mass is 9.44. The van der Waals surface area contributed by atoms with Gasteiger partial charge in [0.15, 0.2) is 17.2 Å². The Kier molecular flexibility index (Phi) is 8.57. The van der Waals surface area contributed by atoms with Crippen molar-refractivity contribution in [1.29, 1.82) is 0 Å². The van der Waals surface area contributed by atoms with Crippen LogP contribution in [0.1, 0.15) is 62.4 Å². The van der Waals surface area contributed by atoms with E-state index in [1.807, 2.05) is 48.5 Å². The molecule has 8 heteroatoms. The summed E-state index contributed by atoms with van der Waals surface area (Å²) in [6, 6.07) is 18.6. The molecule has 0 spiro atoms. The predicted octanol–water partition coefficient (Wildman–Crippen LogP) is 4.94. The van der Waals surface area contributed by atoms with Gasteiger partial charge in [-0.1, -0.05) is 74.0 Å². The van der Waals surface area contributed by atoms with E-state index in [1.54, 1.807) is 39.0 Å². The molecule has 6 rings (SSSR count). The van der Waals surface area contributed by atoms with Gasteiger partial charge >= 0.3 is 5.97 Å². The van der Waals surface area contributed by atoms with E-state index in [2.05, 4.69) is 0 Å². The molecule has 234 valence electrons. The summed E-state index contributed by atoms with van der Waals surface area (Å²) in [5.41, 5.74) is -3.59. The first-order chi connectivity index (χ1) is 20.8. The third kappa shape index (κ3) is 4.88. The Morgan fingerprint density at radius 1 is 1.02 bits per heavy atom. The van der Waals surface area contributed by atoms with Gasteiger partial charge < -0.3 is 20.1 Å². The summed E-state index contributed by atoms with van der Waals surface area (Å²) in [6.07, 6.45) is 4.44. The van der Waals surface area contributed by atoms with Crippen molar-refractivity contribution in [3.05, 3.63) is 95.6 Å². The van der Waals surface area contributed by atoms with Crippen molar-refractivity contribution < 1.29 is 38.8 Å². The second-order valence-electron chi connectivity index (χ2n) is 13.2. The molecule has 7 nitrogen and oxygen atoms in total. The lowest BCUT2D eigenvalue weighted by Gasteiger charge is -2.62. The molecule has 44 heavy (non-hydrogen) atoms. The predicted molar refractivity (Wildman–Crippen MR) is 162 cm³/mol. The van der Waals surface area contributed by atoms with Crippen LogP contribution >= 0.6 is 0 Å². The Morgan fingerprint density at radius 2 is 1.66 bits per heavy atom. The summed E-state index contributed by atoms with van der Waals surface area (Å²) in [5.74, 6) is -2.41. The number of allylic oxidation sites excluding steroid dienone is 4. The monoisotopic (exact) mass is 604 g/mol. The van der Waals surface area contributed by atoms with Gasteiger partial charge in [0.1, 0.15) is 18.8 Å². The quantitative estimate of drug-likeness (QED) is 0.414. The molecule has 4 aliphatic rings. The van der Waals surface area contributed by atoms with E-state index in [4.69, 9.17) is 4.74 Å². The van der Waals surface area contributed by atoms with E-state index >= 15 is 4.39 Å². The number of carbonyl (C=O) groups is 3. The number of carbonyl (C=O) groups excluding carboxylic acids is 3. The van der Waals surface area contributed by atoms with Crippen LogP contribution in [-0.4, -0.2) is 56.8 Å². The van der Waals surface area contributed by atoms with E-state index in [9.17, 15) is 29.7 Å². The number of esters is 1. The normalized spacial score (nSPS) is 37.0. The van der Waals surface area contributed by atoms with Crippen molar-refractivity contribution in [2.75, 3.05) is 6.61 Å². The summed E-state index contributed by atoms with van der Waals surface area (Å²) in [6.45, 7) is 4.79. The zero-order chi connectivity index (χ0) is 31.9. The number of Topliss-reactive ketones (excluding diaryl/α,β-unsaturated/α-hetero) is 1. The Hall–Kier alpha value is -3.46. The van der Waals surface area contributed by atoms with Crippen molar-refractivity contribution in [2.24, 2.45) is 28.6 Å². The maximum atomic E-state index is 16.9. The maximum absolute atomic E-state index is 16.9. The van der Waals surface area contributed by atoms with Crippen LogP contribution in [0.3, 0.4) is 0 Å². The first-order valence-electron chi connectivity index (χ1n) is 15.3. The van der Waals surface area contributed by atoms with Gasteiger partial charge in [0.2, 0.25) is 0 Å². The second kappa shape index (κ2) is 11.8. The minimum Gasteiger partial charge on any atom is -0.457 e. The number of hydrogen-bond donors (Lipinski definition) is 3. The fourth-order valence-electron chi connectivity index (χ4n) is 8.64. The van der Waals surface area contributed by atoms with Gasteiger partial charge in [0.25, 0.3) is 0 Å². The highest BCUT2D eigenvalue weighted by Crippen LogP contribution is 2.70. The van der Waals surface area contributed by atoms with Crippen molar-refractivity contribution in [3.63, 3.8) is 0 Å². The van der Waals surface area contributed by atoms with Crippen LogP contribution in [0.25, 0.3) is 0 Å². The number of ether oxygens (including phenoxy) is 1. The van der Waals surface area contributed by atoms with Gasteiger partial charge in [-0.15, -0.1) is 0 Å². The molecule has 0 unspecified atom stereocenters. The van der Waals surface area contributed by atoms with Crippen molar-refractivity contribution in [3.8, 4) is 0 Å². The third-order valence-electron chi connectivity index (χ3n) is 11.0. The highest BCUT2D eigenvalue weighted by atomic mass is 19.1. The molecule has 0 heterocycles. The van der Waals surface area contributed by atoms with Crippen LogP contribution in [0.15, 0.2) is 84.5 Å². The molecule has 8 atom stereocenters. The van der Waals surface area contributed by atoms with Gasteiger partial charge in [-0.05, 0) is 74.3 Å². The molecule has 3 fully saturated rings. The highest BCUT2D eigenvalue weighted by Gasteiger charge is 2.75. The minimum atomic E-state index is -1.98. The molecule has 3 saturated carbocycles. The summed E-state index contributed by atoms with van der Waals surface area (Å²) in [7, 11) is 0. The lowest BCUT2D eigenvalue weighted by molar-refractivity contribution is -0.219. The summed E-state index contributed by atoms with van der Waals surface area (Å²) in [4.78, 5) is 36.0. The number of aliphatic hydroxyl groups excluding tert-OH is 2. The zero-order valence-corrected chi connectivity index (χ0v) is 25.4. The topological polar surface area (TPSA) is 121 Å². The van der Waals surface area contributed by atoms with Gasteiger partial charge in [-0.3, -0.25) is 9.59 Å². The molecule has 4 aliphatic carbocycles. The number of fused-ring (bicyclic) bond motifs is 5. The molecule has 0 bridgehead atoms. The molecule has 0 radical (unpaired) electrons. The van der Waals surface area contributed by atoms with Gasteiger partial charge in [-0.2, -0.15) is 0 Å². The molecule has 0 amide bonds. The largest absolute Gasteiger partial charge is 0.457 e. The van der Waals surface area contributed by atoms with Gasteiger partial charge in [-0.25, -0.2) is 9.18 Å². The molecular weight excluding hydrogens is 563 g/mol. The molecule has 2 aromatic rings. The van der Waals surface area contributed by atoms with Crippen LogP contribution < -0.4 is 0 Å². The van der Waals surface area contributed by atoms with Gasteiger partial charge in [0.05, 0.1) is 11.7 Å². The lowest BCUT2D eigenvalue weighted by Crippen LogP contribution is -2.69. The third-order valence-corrected chi connectivity index (χ3v) is 11.0. The fourth-order valence-corrected chi connectivity index (χ4v) is 8.64. The van der Waals surface area contributed by atoms with Crippen LogP contribution in [0.4, 0.5) is 4.39 Å². The average molecular weight is 605 g/mol. The first kappa shape index (κ1) is 31.9. The summed E-state index contributed by atoms with van der Waals surface area (Å²) in [5, 5.41) is 32.0. The van der Waals surface area contributed by atoms with Crippen LogP contribution in [0.5, 0.6) is 0 Å². The minimum absolute atomic E-state index is 0.0676. The Morgan fingerprint density at radius 3 is 2.30 bits per heavy atom. The van der Waals surface area contributed by atoms with E-state index in [0.29, 0.717) is 37.0 Å². The second-order valence-corrected chi connectivity index (χ2v) is 13.2. The number of benzene rings is 2. The highest BCUT2D eigenvalue weighted by molar-refractivity contribution is 6.01. The standard InChI is InChI=1S/C22H29FO5.C14H12O2/c1-12-8-16-15-5-4-13-9-14(25)6-7-19(13,2)21(15,23)17(26)10-20(16,3)22(12,28)18(27)11-24;15-14(13-9-5-2-6-10-13)16-11-12-7-3-1-4-8-12/h6-7,9,12,15-17,24,26,28H,4-5,8,10-11H2,1-3H3;1-10H,11H2/t12-,15+,16+,17+,19+,20+,21+,22+;/m1./s1. The number of rotatable bonds is 5. The first-order valence-corrected chi connectivity index (χ1v) is 15.3. The van der Waals surface area contributed by atoms with E-state index in [0.717, 1.165) is 5.56 Å². The number of hydrogen-bond acceptors (Lipinski definition) is 7. The van der Waals surface area contributed by atoms with Gasteiger partial charge in [0, 0.05) is 16.7 Å². The Bertz CT molecular complexity index is 1470. The van der Waals surface area contributed by atoms with Crippen LogP contribution in [0.2, 0.25) is 0 Å². The number of aliphatic hydroxyl groups is 3. The smallest absolute Gasteiger partial charge is 0.338 e. The zero-order valence-electron chi connectivity index (χ0n) is 25.4. The molecule has 0 aliphatic heterocycles. The number of halogens is 1. The molecule has 2 aromatic carbocycles. The number of alkyl halides is 1. The van der Waals surface area contributed by atoms with Crippen LogP contribution in [0, 0.1) is 28.6 Å².